The van der Waals surface area contributed by atoms with Gasteiger partial charge in [-0.2, -0.15) is 13.2 Å². The van der Waals surface area contributed by atoms with E-state index in [0.29, 0.717) is 35.1 Å². The van der Waals surface area contributed by atoms with E-state index in [2.05, 4.69) is 20.9 Å². The number of hydrogen-bond donors (Lipinski definition) is 5. The lowest BCUT2D eigenvalue weighted by Gasteiger charge is -2.23. The molecule has 1 atom stereocenters. The monoisotopic (exact) mass is 603 g/mol. The van der Waals surface area contributed by atoms with Gasteiger partial charge in [0.1, 0.15) is 23.4 Å². The van der Waals surface area contributed by atoms with Crippen molar-refractivity contribution in [1.29, 1.82) is 5.41 Å². The van der Waals surface area contributed by atoms with Crippen molar-refractivity contribution in [2.75, 3.05) is 24.5 Å². The Balaban J connectivity index is 2.00. The highest BCUT2D eigenvalue weighted by molar-refractivity contribution is 5.99. The fourth-order valence-electron chi connectivity index (χ4n) is 3.75. The number of carbonyl (C=O) groups excluding carboxylic acids is 2. The van der Waals surface area contributed by atoms with Crippen LogP contribution in [0, 0.1) is 5.41 Å². The maximum atomic E-state index is 13.5. The van der Waals surface area contributed by atoms with E-state index in [1.54, 1.807) is 49.4 Å². The van der Waals surface area contributed by atoms with Crippen LogP contribution in [0.2, 0.25) is 0 Å². The molecule has 6 N–H and O–H groups in total. The van der Waals surface area contributed by atoms with Gasteiger partial charge >= 0.3 is 12.1 Å². The zero-order chi connectivity index (χ0) is 31.7. The molecule has 0 aliphatic rings. The molecule has 0 saturated heterocycles. The van der Waals surface area contributed by atoms with Crippen LogP contribution in [-0.2, 0) is 9.59 Å². The summed E-state index contributed by atoms with van der Waals surface area (Å²) < 4.78 is 59.9. The van der Waals surface area contributed by atoms with Crippen LogP contribution in [0.25, 0.3) is 0 Å². The highest BCUT2D eigenvalue weighted by atomic mass is 19.4. The van der Waals surface area contributed by atoms with Crippen molar-refractivity contribution < 1.29 is 41.7 Å². The number of hydrogen-bond acceptors (Lipinski definition) is 9. The predicted molar refractivity (Wildman–Crippen MR) is 154 cm³/mol. The molecule has 0 spiro atoms. The number of benzene rings is 3. The zero-order valence-electron chi connectivity index (χ0n) is 23.8. The molecule has 43 heavy (non-hydrogen) atoms. The Morgan fingerprint density at radius 3 is 2.21 bits per heavy atom. The van der Waals surface area contributed by atoms with Crippen molar-refractivity contribution in [3.63, 3.8) is 0 Å². The second kappa shape index (κ2) is 14.2. The van der Waals surface area contributed by atoms with E-state index in [0.717, 1.165) is 6.07 Å². The van der Waals surface area contributed by atoms with Crippen LogP contribution in [0.5, 0.6) is 23.0 Å². The summed E-state index contributed by atoms with van der Waals surface area (Å²) in [4.78, 5) is 25.1. The number of nitrogen functional groups attached to an aromatic ring is 1. The normalized spacial score (nSPS) is 11.7. The fraction of sp³-hybridized carbons (Fsp3) is 0.276. The average Bonchev–Trinajstić information content (AvgIpc) is 2.95. The van der Waals surface area contributed by atoms with Crippen molar-refractivity contribution >= 4 is 29.1 Å². The SMILES string of the molecule is CCOc1cc(C(Nc2ccc(C(=N)N)c(OC(=O)C(F)(F)F)c2)C(=O)NNc2ccc(OC)cc2)ccc1OC(C)C. The quantitative estimate of drug-likeness (QED) is 0.0601. The topological polar surface area (TPSA) is 157 Å². The molecular formula is C29H32F3N5O6. The molecule has 3 rings (SSSR count). The molecule has 1 amide bonds. The van der Waals surface area contributed by atoms with Crippen molar-refractivity contribution in [1.82, 2.24) is 5.43 Å². The average molecular weight is 604 g/mol. The number of nitrogens with one attached hydrogen (secondary N) is 4. The van der Waals surface area contributed by atoms with Crippen LogP contribution < -0.4 is 40.8 Å². The van der Waals surface area contributed by atoms with Crippen molar-refractivity contribution in [2.45, 2.75) is 39.1 Å². The predicted octanol–water partition coefficient (Wildman–Crippen LogP) is 4.93. The summed E-state index contributed by atoms with van der Waals surface area (Å²) in [7, 11) is 1.52. The number of hydrazine groups is 1. The van der Waals surface area contributed by atoms with Crippen LogP contribution in [0.4, 0.5) is 24.5 Å². The molecule has 0 bridgehead atoms. The Kier molecular flexibility index (Phi) is 10.7. The maximum absolute atomic E-state index is 13.5. The largest absolute Gasteiger partial charge is 0.497 e. The van der Waals surface area contributed by atoms with Gasteiger partial charge in [0.25, 0.3) is 5.91 Å². The van der Waals surface area contributed by atoms with E-state index in [1.807, 2.05) is 13.8 Å². The molecular weight excluding hydrogens is 571 g/mol. The number of anilines is 2. The van der Waals surface area contributed by atoms with Gasteiger partial charge in [-0.05, 0) is 74.9 Å². The molecule has 3 aromatic carbocycles. The second-order valence-corrected chi connectivity index (χ2v) is 9.24. The number of methoxy groups -OCH3 is 1. The van der Waals surface area contributed by atoms with Crippen LogP contribution in [0.15, 0.2) is 60.7 Å². The minimum Gasteiger partial charge on any atom is -0.497 e. The van der Waals surface area contributed by atoms with Crippen molar-refractivity contribution in [3.05, 3.63) is 71.8 Å². The van der Waals surface area contributed by atoms with Crippen LogP contribution in [-0.4, -0.2) is 43.7 Å². The van der Waals surface area contributed by atoms with Gasteiger partial charge in [-0.1, -0.05) is 6.07 Å². The van der Waals surface area contributed by atoms with E-state index in [1.165, 1.54) is 19.2 Å². The van der Waals surface area contributed by atoms with E-state index < -0.39 is 35.7 Å². The lowest BCUT2D eigenvalue weighted by Crippen LogP contribution is -2.37. The van der Waals surface area contributed by atoms with E-state index in [-0.39, 0.29) is 17.4 Å². The van der Waals surface area contributed by atoms with Gasteiger partial charge in [0.15, 0.2) is 11.5 Å². The molecule has 14 heteroatoms. The first-order chi connectivity index (χ1) is 20.3. The molecule has 0 fully saturated rings. The summed E-state index contributed by atoms with van der Waals surface area (Å²) in [6.07, 6.45) is -5.45. The van der Waals surface area contributed by atoms with Crippen LogP contribution >= 0.6 is 0 Å². The molecule has 0 saturated carbocycles. The van der Waals surface area contributed by atoms with E-state index in [9.17, 15) is 22.8 Å². The zero-order valence-corrected chi connectivity index (χ0v) is 23.8. The Morgan fingerprint density at radius 2 is 1.63 bits per heavy atom. The first kappa shape index (κ1) is 32.4. The van der Waals surface area contributed by atoms with Gasteiger partial charge in [0.05, 0.1) is 31.1 Å². The minimum atomic E-state index is -5.29. The highest BCUT2D eigenvalue weighted by Crippen LogP contribution is 2.34. The lowest BCUT2D eigenvalue weighted by molar-refractivity contribution is -0.189. The minimum absolute atomic E-state index is 0.0834. The van der Waals surface area contributed by atoms with Gasteiger partial charge in [-0.15, -0.1) is 0 Å². The first-order valence-electron chi connectivity index (χ1n) is 13.0. The van der Waals surface area contributed by atoms with Gasteiger partial charge in [-0.3, -0.25) is 21.1 Å². The smallest absolute Gasteiger partial charge is 0.491 e. The standard InChI is InChI=1S/C29H32F3N5O6/c1-5-41-24-14-17(6-13-22(24)42-16(2)3)25(27(38)37-36-18-7-10-20(40-4)11-8-18)35-19-9-12-21(26(33)34)23(15-19)43-28(39)29(30,31)32/h6-16,25,35-36H,5H2,1-4H3,(H3,33,34)(H,37,38). The number of halogens is 3. The fourth-order valence-corrected chi connectivity index (χ4v) is 3.75. The van der Waals surface area contributed by atoms with Crippen LogP contribution in [0.1, 0.15) is 37.9 Å². The summed E-state index contributed by atoms with van der Waals surface area (Å²) in [5.41, 5.74) is 11.6. The first-order valence-corrected chi connectivity index (χ1v) is 13.0. The second-order valence-electron chi connectivity index (χ2n) is 9.24. The van der Waals surface area contributed by atoms with Gasteiger partial charge in [0.2, 0.25) is 0 Å². The summed E-state index contributed by atoms with van der Waals surface area (Å²) >= 11 is 0. The molecule has 0 aliphatic carbocycles. The molecule has 11 nitrogen and oxygen atoms in total. The van der Waals surface area contributed by atoms with Crippen LogP contribution in [0.3, 0.4) is 0 Å². The van der Waals surface area contributed by atoms with E-state index >= 15 is 0 Å². The Labute approximate surface area is 245 Å². The molecule has 0 aromatic heterocycles. The molecule has 0 heterocycles. The summed E-state index contributed by atoms with van der Waals surface area (Å²) in [6.45, 7) is 5.79. The van der Waals surface area contributed by atoms with Crippen molar-refractivity contribution in [2.24, 2.45) is 5.73 Å². The lowest BCUT2D eigenvalue weighted by atomic mass is 10.0. The van der Waals surface area contributed by atoms with Gasteiger partial charge in [0, 0.05) is 11.8 Å². The molecule has 0 radical (unpaired) electrons. The van der Waals surface area contributed by atoms with E-state index in [4.69, 9.17) is 25.4 Å². The molecule has 3 aromatic rings. The number of amidine groups is 1. The van der Waals surface area contributed by atoms with Gasteiger partial charge < -0.3 is 30.0 Å². The third-order valence-electron chi connectivity index (χ3n) is 5.66. The number of esters is 1. The number of alkyl halides is 3. The summed E-state index contributed by atoms with van der Waals surface area (Å²) in [6, 6.07) is 14.0. The third kappa shape index (κ3) is 8.92. The molecule has 1 unspecified atom stereocenters. The Bertz CT molecular complexity index is 1450. The highest BCUT2D eigenvalue weighted by Gasteiger charge is 2.42. The summed E-state index contributed by atoms with van der Waals surface area (Å²) in [5.74, 6) is -2.92. The number of rotatable bonds is 13. The Hall–Kier alpha value is -5.14. The molecule has 230 valence electrons. The van der Waals surface area contributed by atoms with Crippen molar-refractivity contribution in [3.8, 4) is 23.0 Å². The molecule has 0 aliphatic heterocycles. The maximum Gasteiger partial charge on any atom is 0.491 e. The Morgan fingerprint density at radius 1 is 0.953 bits per heavy atom. The third-order valence-corrected chi connectivity index (χ3v) is 5.66. The number of amides is 1. The summed E-state index contributed by atoms with van der Waals surface area (Å²) in [5, 5.41) is 10.6. The number of nitrogens with two attached hydrogens (primary N) is 1. The van der Waals surface area contributed by atoms with Gasteiger partial charge in [-0.25, -0.2) is 4.79 Å². The number of ether oxygens (including phenoxy) is 4. The number of carbonyl (C=O) groups is 2.